The number of carbonyl (C=O) groups is 1. The van der Waals surface area contributed by atoms with Gasteiger partial charge in [0.25, 0.3) is 0 Å². The second-order valence-corrected chi connectivity index (χ2v) is 6.87. The zero-order valence-corrected chi connectivity index (χ0v) is 15.9. The molecule has 0 fully saturated rings. The number of hydrogen-bond donors (Lipinski definition) is 2. The molecular weight excluding hydrogens is 384 g/mol. The van der Waals surface area contributed by atoms with Crippen LogP contribution in [0.25, 0.3) is 11.1 Å². The Morgan fingerprint density at radius 1 is 1.07 bits per heavy atom. The molecule has 2 N–H and O–H groups in total. The van der Waals surface area contributed by atoms with E-state index in [9.17, 15) is 18.7 Å². The number of esters is 1. The predicted octanol–water partition coefficient (Wildman–Crippen LogP) is 5.55. The molecule has 0 atom stereocenters. The molecule has 7 heteroatoms. The fourth-order valence-corrected chi connectivity index (χ4v) is 3.44. The molecule has 0 unspecified atom stereocenters. The highest BCUT2D eigenvalue weighted by atomic mass is 32.2. The average molecular weight is 401 g/mol. The van der Waals surface area contributed by atoms with Crippen LogP contribution in [0.5, 0.6) is 5.75 Å². The number of benzene rings is 3. The highest BCUT2D eigenvalue weighted by Gasteiger charge is 2.16. The van der Waals surface area contributed by atoms with Crippen LogP contribution in [0, 0.1) is 18.6 Å². The molecule has 144 valence electrons. The van der Waals surface area contributed by atoms with E-state index >= 15 is 0 Å². The van der Waals surface area contributed by atoms with Gasteiger partial charge in [-0.3, -0.25) is 0 Å². The first-order valence-corrected chi connectivity index (χ1v) is 9.11. The van der Waals surface area contributed by atoms with E-state index in [0.717, 1.165) is 23.6 Å². The van der Waals surface area contributed by atoms with Crippen LogP contribution in [0.3, 0.4) is 0 Å². The van der Waals surface area contributed by atoms with Crippen molar-refractivity contribution in [1.82, 2.24) is 0 Å². The molecule has 0 bridgehead atoms. The van der Waals surface area contributed by atoms with Crippen molar-refractivity contribution in [2.24, 2.45) is 0 Å². The van der Waals surface area contributed by atoms with Crippen molar-refractivity contribution >= 4 is 23.6 Å². The Hall–Kier alpha value is -3.06. The number of aromatic hydroxyl groups is 1. The van der Waals surface area contributed by atoms with Crippen LogP contribution in [-0.2, 0) is 4.74 Å². The van der Waals surface area contributed by atoms with Gasteiger partial charge in [-0.1, -0.05) is 30.3 Å². The van der Waals surface area contributed by atoms with E-state index in [2.05, 4.69) is 9.46 Å². The molecule has 4 nitrogen and oxygen atoms in total. The van der Waals surface area contributed by atoms with Crippen LogP contribution in [0.15, 0.2) is 59.5 Å². The zero-order valence-electron chi connectivity index (χ0n) is 15.1. The minimum absolute atomic E-state index is 0.0646. The normalized spacial score (nSPS) is 10.6. The predicted molar refractivity (Wildman–Crippen MR) is 105 cm³/mol. The third kappa shape index (κ3) is 4.09. The van der Waals surface area contributed by atoms with Gasteiger partial charge in [0.1, 0.15) is 5.75 Å². The van der Waals surface area contributed by atoms with E-state index in [1.807, 2.05) is 6.07 Å². The van der Waals surface area contributed by atoms with Crippen LogP contribution in [0.4, 0.5) is 14.5 Å². The number of carbonyl (C=O) groups excluding carboxylic acids is 1. The monoisotopic (exact) mass is 401 g/mol. The number of hydrogen-bond acceptors (Lipinski definition) is 5. The quantitative estimate of drug-likeness (QED) is 0.434. The van der Waals surface area contributed by atoms with Gasteiger partial charge >= 0.3 is 5.97 Å². The number of phenolic OH excluding ortho intramolecular Hbond substituents is 1. The minimum atomic E-state index is -1.03. The van der Waals surface area contributed by atoms with Crippen LogP contribution >= 0.6 is 11.9 Å². The Labute approximate surface area is 165 Å². The highest BCUT2D eigenvalue weighted by Crippen LogP contribution is 2.35. The van der Waals surface area contributed by atoms with Crippen molar-refractivity contribution in [2.75, 3.05) is 11.8 Å². The lowest BCUT2D eigenvalue weighted by molar-refractivity contribution is 0.0600. The first kappa shape index (κ1) is 19.7. The van der Waals surface area contributed by atoms with Gasteiger partial charge in [-0.15, -0.1) is 0 Å². The summed E-state index contributed by atoms with van der Waals surface area (Å²) in [6.07, 6.45) is 0. The Bertz CT molecular complexity index is 1030. The molecule has 3 aromatic carbocycles. The third-order valence-electron chi connectivity index (χ3n) is 4.09. The summed E-state index contributed by atoms with van der Waals surface area (Å²) >= 11 is 0.869. The molecular formula is C21H17F2NO3S. The largest absolute Gasteiger partial charge is 0.506 e. The molecule has 28 heavy (non-hydrogen) atoms. The summed E-state index contributed by atoms with van der Waals surface area (Å²) in [5, 5.41) is 10.2. The summed E-state index contributed by atoms with van der Waals surface area (Å²) in [7, 11) is 1.25. The second kappa shape index (κ2) is 8.31. The van der Waals surface area contributed by atoms with E-state index in [1.54, 1.807) is 31.2 Å². The van der Waals surface area contributed by atoms with E-state index in [1.165, 1.54) is 25.3 Å². The molecule has 0 aliphatic carbocycles. The number of aryl methyl sites for hydroxylation is 1. The molecule has 0 spiro atoms. The maximum atomic E-state index is 14.3. The van der Waals surface area contributed by atoms with Crippen LogP contribution < -0.4 is 4.72 Å². The Kier molecular flexibility index (Phi) is 5.84. The van der Waals surface area contributed by atoms with Gasteiger partial charge in [-0.2, -0.15) is 0 Å². The lowest BCUT2D eigenvalue weighted by Gasteiger charge is -2.13. The van der Waals surface area contributed by atoms with Crippen LogP contribution in [0.1, 0.15) is 15.9 Å². The van der Waals surface area contributed by atoms with Crippen molar-refractivity contribution in [1.29, 1.82) is 0 Å². The second-order valence-electron chi connectivity index (χ2n) is 6.02. The number of phenols is 1. The van der Waals surface area contributed by atoms with Gasteiger partial charge in [-0.25, -0.2) is 13.6 Å². The first-order chi connectivity index (χ1) is 13.4. The lowest BCUT2D eigenvalue weighted by atomic mass is 10.0. The number of ether oxygens (including phenoxy) is 1. The number of nitrogens with one attached hydrogen (secondary N) is 1. The molecule has 3 rings (SSSR count). The van der Waals surface area contributed by atoms with Crippen LogP contribution in [-0.4, -0.2) is 18.2 Å². The smallest absolute Gasteiger partial charge is 0.337 e. The number of methoxy groups -OCH3 is 1. The van der Waals surface area contributed by atoms with E-state index < -0.39 is 17.6 Å². The van der Waals surface area contributed by atoms with E-state index in [-0.39, 0.29) is 21.9 Å². The Morgan fingerprint density at radius 2 is 1.79 bits per heavy atom. The molecule has 0 radical (unpaired) electrons. The Morgan fingerprint density at radius 3 is 2.46 bits per heavy atom. The molecule has 0 aliphatic heterocycles. The zero-order chi connectivity index (χ0) is 20.3. The summed E-state index contributed by atoms with van der Waals surface area (Å²) in [5.41, 5.74) is 1.86. The molecule has 0 aliphatic rings. The minimum Gasteiger partial charge on any atom is -0.506 e. The van der Waals surface area contributed by atoms with E-state index in [0.29, 0.717) is 11.1 Å². The maximum absolute atomic E-state index is 14.3. The van der Waals surface area contributed by atoms with Gasteiger partial charge in [-0.05, 0) is 59.8 Å². The number of halogens is 2. The first-order valence-electron chi connectivity index (χ1n) is 8.30. The summed E-state index contributed by atoms with van der Waals surface area (Å²) in [6, 6.07) is 14.5. The number of anilines is 1. The summed E-state index contributed by atoms with van der Waals surface area (Å²) < 4.78 is 35.7. The fraction of sp³-hybridized carbons (Fsp3) is 0.0952. The van der Waals surface area contributed by atoms with Crippen molar-refractivity contribution in [2.45, 2.75) is 11.8 Å². The standard InChI is InChI=1S/C21H17F2NO3S/c1-12-8-15(21(26)27-2)11-18(20(12)25)28-24-17-10-14(9-16(22)19(17)23)13-6-4-3-5-7-13/h3-11,24-25H,1-2H3. The van der Waals surface area contributed by atoms with Gasteiger partial charge in [0.05, 0.1) is 23.3 Å². The Balaban J connectivity index is 1.92. The molecule has 0 aromatic heterocycles. The lowest BCUT2D eigenvalue weighted by Crippen LogP contribution is -2.02. The van der Waals surface area contributed by atoms with E-state index in [4.69, 9.17) is 0 Å². The molecule has 0 amide bonds. The average Bonchev–Trinajstić information content (AvgIpc) is 2.71. The molecule has 3 aromatic rings. The topological polar surface area (TPSA) is 58.6 Å². The SMILES string of the molecule is COC(=O)c1cc(C)c(O)c(SNc2cc(-c3ccccc3)cc(F)c2F)c1. The van der Waals surface area contributed by atoms with Gasteiger partial charge in [0, 0.05) is 0 Å². The van der Waals surface area contributed by atoms with Crippen molar-refractivity contribution in [3.8, 4) is 16.9 Å². The van der Waals surface area contributed by atoms with Crippen LogP contribution in [0.2, 0.25) is 0 Å². The molecule has 0 heterocycles. The van der Waals surface area contributed by atoms with Crippen molar-refractivity contribution in [3.63, 3.8) is 0 Å². The highest BCUT2D eigenvalue weighted by molar-refractivity contribution is 8.00. The maximum Gasteiger partial charge on any atom is 0.337 e. The molecule has 0 saturated heterocycles. The van der Waals surface area contributed by atoms with Crippen molar-refractivity contribution < 1.29 is 23.4 Å². The third-order valence-corrected chi connectivity index (χ3v) is 4.95. The van der Waals surface area contributed by atoms with Gasteiger partial charge < -0.3 is 14.6 Å². The van der Waals surface area contributed by atoms with Gasteiger partial charge in [0.15, 0.2) is 11.6 Å². The molecule has 0 saturated carbocycles. The fourth-order valence-electron chi connectivity index (χ4n) is 2.63. The number of rotatable bonds is 5. The summed E-state index contributed by atoms with van der Waals surface area (Å²) in [4.78, 5) is 12.0. The summed E-state index contributed by atoms with van der Waals surface area (Å²) in [5.74, 6) is -2.65. The summed E-state index contributed by atoms with van der Waals surface area (Å²) in [6.45, 7) is 1.63. The van der Waals surface area contributed by atoms with Gasteiger partial charge in [0.2, 0.25) is 0 Å². The van der Waals surface area contributed by atoms with Crippen molar-refractivity contribution in [3.05, 3.63) is 77.4 Å².